The van der Waals surface area contributed by atoms with Crippen LogP contribution in [0.3, 0.4) is 0 Å². The third-order valence-electron chi connectivity index (χ3n) is 9.71. The van der Waals surface area contributed by atoms with Gasteiger partial charge in [0, 0.05) is 19.4 Å². The van der Waals surface area contributed by atoms with Crippen LogP contribution in [0.4, 0.5) is 0 Å². The van der Waals surface area contributed by atoms with Crippen molar-refractivity contribution in [3.63, 3.8) is 0 Å². The molecule has 0 aliphatic carbocycles. The molecule has 1 unspecified atom stereocenters. The summed E-state index contributed by atoms with van der Waals surface area (Å²) in [6.45, 7) is 30.1. The van der Waals surface area contributed by atoms with Gasteiger partial charge in [0.2, 0.25) is 0 Å². The molecular weight excluding hydrogens is 609 g/mol. The van der Waals surface area contributed by atoms with E-state index in [-0.39, 0.29) is 35.2 Å². The van der Waals surface area contributed by atoms with E-state index >= 15 is 0 Å². The van der Waals surface area contributed by atoms with Crippen LogP contribution in [0.2, 0.25) is 55.9 Å². The van der Waals surface area contributed by atoms with Crippen molar-refractivity contribution < 1.29 is 37.4 Å². The van der Waals surface area contributed by atoms with E-state index in [0.29, 0.717) is 13.0 Å². The molecule has 44 heavy (non-hydrogen) atoms. The van der Waals surface area contributed by atoms with Gasteiger partial charge in [-0.25, -0.2) is 4.79 Å². The molecule has 1 saturated heterocycles. The molecule has 2 rings (SSSR count). The highest BCUT2D eigenvalue weighted by Gasteiger charge is 2.51. The Morgan fingerprint density at radius 2 is 1.68 bits per heavy atom. The molecular formula is C33H62O8Si3. The summed E-state index contributed by atoms with van der Waals surface area (Å²) in [6.07, 6.45) is 1.31. The van der Waals surface area contributed by atoms with Crippen LogP contribution in [0.25, 0.3) is 0 Å². The lowest BCUT2D eigenvalue weighted by Crippen LogP contribution is -2.47. The quantitative estimate of drug-likeness (QED) is 0.0977. The molecule has 0 spiro atoms. The third-order valence-corrected chi connectivity index (χ3v) is 19.9. The zero-order valence-electron chi connectivity index (χ0n) is 29.9. The molecule has 0 aromatic rings. The summed E-state index contributed by atoms with van der Waals surface area (Å²) in [5.74, 6) is -0.748. The average Bonchev–Trinajstić information content (AvgIpc) is 3.42. The predicted molar refractivity (Wildman–Crippen MR) is 184 cm³/mol. The Bertz CT molecular complexity index is 1030. The number of esters is 1. The molecule has 0 bridgehead atoms. The van der Waals surface area contributed by atoms with Gasteiger partial charge in [0.1, 0.15) is 12.2 Å². The first kappa shape index (κ1) is 39.3. The van der Waals surface area contributed by atoms with Crippen LogP contribution in [0, 0.1) is 5.92 Å². The molecule has 1 N–H and O–H groups in total. The molecule has 2 aliphatic rings. The normalized spacial score (nSPS) is 27.0. The lowest BCUT2D eigenvalue weighted by atomic mass is 9.89. The van der Waals surface area contributed by atoms with Gasteiger partial charge in [-0.15, -0.1) is 5.73 Å². The van der Waals surface area contributed by atoms with Crippen molar-refractivity contribution >= 4 is 30.9 Å². The smallest absolute Gasteiger partial charge is 0.337 e. The summed E-state index contributed by atoms with van der Waals surface area (Å²) in [5, 5.41) is 11.6. The number of carbonyl (C=O) groups is 1. The zero-order valence-corrected chi connectivity index (χ0v) is 32.9. The van der Waals surface area contributed by atoms with E-state index in [4.69, 9.17) is 27.5 Å². The van der Waals surface area contributed by atoms with Crippen LogP contribution >= 0.6 is 0 Å². The molecule has 0 aromatic heterocycles. The van der Waals surface area contributed by atoms with Crippen molar-refractivity contribution in [3.05, 3.63) is 30.0 Å². The van der Waals surface area contributed by atoms with Crippen molar-refractivity contribution in [1.82, 2.24) is 0 Å². The molecule has 11 heteroatoms. The summed E-state index contributed by atoms with van der Waals surface area (Å²) in [6, 6.07) is 2.93. The number of hydrogen-bond donors (Lipinski definition) is 1. The minimum absolute atomic E-state index is 0.0355. The van der Waals surface area contributed by atoms with Crippen molar-refractivity contribution in [2.45, 2.75) is 154 Å². The number of hydrogen-bond acceptors (Lipinski definition) is 8. The van der Waals surface area contributed by atoms with Crippen molar-refractivity contribution in [3.8, 4) is 0 Å². The highest BCUT2D eigenvalue weighted by Crippen LogP contribution is 2.42. The van der Waals surface area contributed by atoms with Crippen LogP contribution in [0.1, 0.15) is 61.3 Å². The van der Waals surface area contributed by atoms with Gasteiger partial charge >= 0.3 is 5.97 Å². The van der Waals surface area contributed by atoms with E-state index in [1.54, 1.807) is 19.3 Å². The molecule has 0 aromatic carbocycles. The van der Waals surface area contributed by atoms with E-state index in [9.17, 15) is 9.90 Å². The fourth-order valence-corrected chi connectivity index (χ4v) is 11.4. The summed E-state index contributed by atoms with van der Waals surface area (Å²) < 4.78 is 38.1. The van der Waals surface area contributed by atoms with Gasteiger partial charge in [-0.2, -0.15) is 0 Å². The molecule has 7 atom stereocenters. The standard InChI is InChI=1S/C33H62O8Si3/c1-15-19-33(8,41-42(10,11)12)22-24-20-25(30(35)38-24)27(34)21-26-28(23-37-43(13,14)32(5,6)7)39-31(36-9)29(26)40-44(16-2,17-3)18-4/h19-20,24,26-29,31,34H,1,16-18,21-23H2,2-14H3/t24-,26-,27?,28-,29-,31-,33-/m1/s1. The van der Waals surface area contributed by atoms with Gasteiger partial charge in [-0.05, 0) is 81.4 Å². The van der Waals surface area contributed by atoms with E-state index in [1.807, 2.05) is 6.92 Å². The first-order valence-corrected chi connectivity index (χ1v) is 25.2. The second-order valence-electron chi connectivity index (χ2n) is 15.2. The van der Waals surface area contributed by atoms with Crippen molar-refractivity contribution in [2.75, 3.05) is 13.7 Å². The number of methoxy groups -OCH3 is 1. The molecule has 0 saturated carbocycles. The van der Waals surface area contributed by atoms with Crippen LogP contribution in [0.15, 0.2) is 30.0 Å². The number of aliphatic hydroxyl groups excluding tert-OH is 1. The van der Waals surface area contributed by atoms with Crippen LogP contribution in [0.5, 0.6) is 0 Å². The molecule has 0 radical (unpaired) electrons. The Kier molecular flexibility index (Phi) is 13.7. The zero-order chi connectivity index (χ0) is 33.7. The first-order valence-electron chi connectivity index (χ1n) is 16.4. The summed E-state index contributed by atoms with van der Waals surface area (Å²) in [7, 11) is -4.44. The number of rotatable bonds is 17. The Morgan fingerprint density at radius 1 is 1.09 bits per heavy atom. The molecule has 8 nitrogen and oxygen atoms in total. The van der Waals surface area contributed by atoms with Gasteiger partial charge in [0.15, 0.2) is 31.2 Å². The maximum absolute atomic E-state index is 13.1. The second-order valence-corrected chi connectivity index (χ2v) is 29.2. The van der Waals surface area contributed by atoms with Crippen LogP contribution in [-0.2, 0) is 32.3 Å². The minimum Gasteiger partial charge on any atom is -0.455 e. The average molecular weight is 671 g/mol. The molecule has 2 heterocycles. The fourth-order valence-electron chi connectivity index (χ4n) is 6.03. The second kappa shape index (κ2) is 15.4. The van der Waals surface area contributed by atoms with Crippen molar-refractivity contribution in [1.29, 1.82) is 0 Å². The lowest BCUT2D eigenvalue weighted by molar-refractivity contribution is -0.149. The number of cyclic esters (lactones) is 1. The van der Waals surface area contributed by atoms with Gasteiger partial charge < -0.3 is 32.6 Å². The predicted octanol–water partition coefficient (Wildman–Crippen LogP) is 7.33. The van der Waals surface area contributed by atoms with E-state index in [0.717, 1.165) is 18.1 Å². The molecule has 1 fully saturated rings. The summed E-state index contributed by atoms with van der Waals surface area (Å²) in [4.78, 5) is 13.1. The monoisotopic (exact) mass is 670 g/mol. The number of ether oxygens (including phenoxy) is 3. The van der Waals surface area contributed by atoms with E-state index in [1.165, 1.54) is 0 Å². The van der Waals surface area contributed by atoms with Gasteiger partial charge in [0.05, 0.1) is 30.0 Å². The maximum Gasteiger partial charge on any atom is 0.337 e. The minimum atomic E-state index is -2.08. The summed E-state index contributed by atoms with van der Waals surface area (Å²) >= 11 is 0. The molecule has 2 aliphatic heterocycles. The topological polar surface area (TPSA) is 92.7 Å². The Morgan fingerprint density at radius 3 is 2.16 bits per heavy atom. The molecule has 254 valence electrons. The van der Waals surface area contributed by atoms with Crippen LogP contribution < -0.4 is 0 Å². The van der Waals surface area contributed by atoms with Crippen LogP contribution in [-0.4, -0.2) is 86.1 Å². The SMILES string of the molecule is C=C=C[C@](C)(C[C@H]1C=C(C(O)C[C@H]2[C@@H](O[Si](CC)(CC)CC)[C@H](OC)O[C@@H]2CO[Si](C)(C)C(C)(C)C)C(=O)O1)O[Si](C)(C)C. The Hall–Kier alpha value is -0.859. The summed E-state index contributed by atoms with van der Waals surface area (Å²) in [5.41, 5.74) is 2.42. The maximum atomic E-state index is 13.1. The highest BCUT2D eigenvalue weighted by molar-refractivity contribution is 6.74. The van der Waals surface area contributed by atoms with Gasteiger partial charge in [-0.3, -0.25) is 0 Å². The van der Waals surface area contributed by atoms with E-state index in [2.05, 4.69) is 86.6 Å². The Balaban J connectivity index is 2.39. The van der Waals surface area contributed by atoms with Gasteiger partial charge in [0.25, 0.3) is 0 Å². The Labute approximate surface area is 270 Å². The number of aliphatic hydroxyl groups is 1. The third kappa shape index (κ3) is 10.1. The largest absolute Gasteiger partial charge is 0.455 e. The molecule has 0 amide bonds. The van der Waals surface area contributed by atoms with Crippen molar-refractivity contribution in [2.24, 2.45) is 5.92 Å². The fraction of sp³-hybridized carbons (Fsp3) is 0.818. The van der Waals surface area contributed by atoms with Gasteiger partial charge in [-0.1, -0.05) is 48.1 Å². The highest BCUT2D eigenvalue weighted by atomic mass is 28.4. The van der Waals surface area contributed by atoms with E-state index < -0.39 is 55.0 Å². The number of carbonyl (C=O) groups excluding carboxylic acids is 1. The lowest BCUT2D eigenvalue weighted by Gasteiger charge is -2.38. The first-order chi connectivity index (χ1) is 20.2.